The van der Waals surface area contributed by atoms with Gasteiger partial charge < -0.3 is 9.84 Å². The van der Waals surface area contributed by atoms with Crippen molar-refractivity contribution in [1.29, 1.82) is 0 Å². The van der Waals surface area contributed by atoms with Crippen LogP contribution in [-0.2, 0) is 26.1 Å². The molecule has 14 heteroatoms. The van der Waals surface area contributed by atoms with Gasteiger partial charge in [0.1, 0.15) is 5.82 Å². The summed E-state index contributed by atoms with van der Waals surface area (Å²) in [6, 6.07) is 11.9. The summed E-state index contributed by atoms with van der Waals surface area (Å²) in [5.41, 5.74) is -6.56. The molecule has 0 radical (unpaired) electrons. The number of methoxy groups -OCH3 is 1. The third kappa shape index (κ3) is 6.48. The molecule has 1 N–H and O–H groups in total. The van der Waals surface area contributed by atoms with Crippen molar-refractivity contribution in [3.63, 3.8) is 0 Å². The molecule has 41 heavy (non-hydrogen) atoms. The number of sulfonamides is 1. The molecule has 0 aliphatic carbocycles. The van der Waals surface area contributed by atoms with Crippen LogP contribution < -0.4 is 4.31 Å². The maximum atomic E-state index is 14.8. The molecule has 0 amide bonds. The summed E-state index contributed by atoms with van der Waals surface area (Å²) < 4.78 is 126. The SMILES string of the molecule is CCCN(c1ccc(-c2ccc(C(O)(C(F)(F)F)C(F)(F)F)cc2F)cc1)S(=O)(=O)Cc1ccc(C(=O)OC)cc1. The minimum atomic E-state index is -6.17. The predicted molar refractivity (Wildman–Crippen MR) is 136 cm³/mol. The standard InChI is InChI=1S/C27H24F7NO5S/c1-3-14-35(41(38,39)16-17-4-6-19(7-5-17)24(36)40-2)21-11-8-18(9-12-21)22-13-10-20(15-23(22)28)25(37,26(29,30)31)27(32,33)34/h4-13,15,37H,3,14,16H2,1-2H3. The maximum absolute atomic E-state index is 14.8. The van der Waals surface area contributed by atoms with Crippen LogP contribution in [0.15, 0.2) is 66.7 Å². The number of halogens is 7. The normalized spacial score (nSPS) is 12.7. The Labute approximate surface area is 231 Å². The second-order valence-corrected chi connectivity index (χ2v) is 10.9. The number of esters is 1. The number of benzene rings is 3. The summed E-state index contributed by atoms with van der Waals surface area (Å²) in [6.07, 6.45) is -11.9. The molecule has 6 nitrogen and oxygen atoms in total. The summed E-state index contributed by atoms with van der Waals surface area (Å²) in [5.74, 6) is -2.47. The van der Waals surface area contributed by atoms with Gasteiger partial charge in [-0.05, 0) is 47.9 Å². The summed E-state index contributed by atoms with van der Waals surface area (Å²) >= 11 is 0. The Kier molecular flexibility index (Phi) is 9.08. The number of rotatable bonds is 9. The van der Waals surface area contributed by atoms with Crippen LogP contribution in [0.5, 0.6) is 0 Å². The lowest BCUT2D eigenvalue weighted by Gasteiger charge is -2.32. The Morgan fingerprint density at radius 2 is 1.46 bits per heavy atom. The van der Waals surface area contributed by atoms with E-state index in [1.165, 1.54) is 55.6 Å². The van der Waals surface area contributed by atoms with Crippen LogP contribution in [0.4, 0.5) is 36.4 Å². The van der Waals surface area contributed by atoms with Crippen LogP contribution >= 0.6 is 0 Å². The quantitative estimate of drug-likeness (QED) is 0.227. The Morgan fingerprint density at radius 1 is 0.902 bits per heavy atom. The fraction of sp³-hybridized carbons (Fsp3) is 0.296. The molecular weight excluding hydrogens is 583 g/mol. The highest BCUT2D eigenvalue weighted by molar-refractivity contribution is 7.92. The highest BCUT2D eigenvalue weighted by Crippen LogP contribution is 2.50. The largest absolute Gasteiger partial charge is 0.465 e. The molecule has 0 saturated heterocycles. The van der Waals surface area contributed by atoms with E-state index in [1.807, 2.05) is 0 Å². The van der Waals surface area contributed by atoms with Crippen molar-refractivity contribution in [1.82, 2.24) is 0 Å². The molecule has 0 saturated carbocycles. The molecule has 0 spiro atoms. The fourth-order valence-electron chi connectivity index (χ4n) is 4.04. The Bertz CT molecular complexity index is 1470. The first-order valence-corrected chi connectivity index (χ1v) is 13.5. The highest BCUT2D eigenvalue weighted by atomic mass is 32.2. The molecule has 3 rings (SSSR count). The number of alkyl halides is 6. The lowest BCUT2D eigenvalue weighted by molar-refractivity contribution is -0.376. The van der Waals surface area contributed by atoms with Crippen molar-refractivity contribution in [2.24, 2.45) is 0 Å². The van der Waals surface area contributed by atoms with Gasteiger partial charge in [0, 0.05) is 17.7 Å². The molecule has 0 aromatic heterocycles. The Morgan fingerprint density at radius 3 is 1.93 bits per heavy atom. The molecule has 0 unspecified atom stereocenters. The highest BCUT2D eigenvalue weighted by Gasteiger charge is 2.71. The van der Waals surface area contributed by atoms with Crippen LogP contribution in [0.25, 0.3) is 11.1 Å². The zero-order valence-electron chi connectivity index (χ0n) is 21.6. The topological polar surface area (TPSA) is 83.9 Å². The van der Waals surface area contributed by atoms with E-state index in [0.29, 0.717) is 24.1 Å². The molecule has 3 aromatic rings. The summed E-state index contributed by atoms with van der Waals surface area (Å²) in [4.78, 5) is 11.6. The predicted octanol–water partition coefficient (Wildman–Crippen LogP) is 6.34. The molecule has 0 fully saturated rings. The summed E-state index contributed by atoms with van der Waals surface area (Å²) in [6.45, 7) is 1.81. The van der Waals surface area contributed by atoms with E-state index in [9.17, 15) is 49.1 Å². The van der Waals surface area contributed by atoms with Crippen molar-refractivity contribution in [3.8, 4) is 11.1 Å². The van der Waals surface area contributed by atoms with E-state index < -0.39 is 51.1 Å². The smallest absolute Gasteiger partial charge is 0.430 e. The fourth-order valence-corrected chi connectivity index (χ4v) is 5.72. The minimum Gasteiger partial charge on any atom is -0.465 e. The molecule has 0 aliphatic heterocycles. The lowest BCUT2D eigenvalue weighted by atomic mass is 9.90. The van der Waals surface area contributed by atoms with Crippen molar-refractivity contribution in [2.75, 3.05) is 18.0 Å². The average molecular weight is 608 g/mol. The van der Waals surface area contributed by atoms with Crippen molar-refractivity contribution < 1.29 is 53.8 Å². The van der Waals surface area contributed by atoms with Gasteiger partial charge in [-0.2, -0.15) is 26.3 Å². The number of nitrogens with zero attached hydrogens (tertiary/aromatic N) is 1. The third-order valence-corrected chi connectivity index (χ3v) is 7.92. The van der Waals surface area contributed by atoms with E-state index in [1.54, 1.807) is 6.92 Å². The van der Waals surface area contributed by atoms with Gasteiger partial charge in [0.25, 0.3) is 5.60 Å². The third-order valence-electron chi connectivity index (χ3n) is 6.16. The van der Waals surface area contributed by atoms with Crippen molar-refractivity contribution in [3.05, 3.63) is 89.2 Å². The second-order valence-electron chi connectivity index (χ2n) is 8.96. The van der Waals surface area contributed by atoms with Crippen molar-refractivity contribution in [2.45, 2.75) is 37.1 Å². The first-order valence-electron chi connectivity index (χ1n) is 11.9. The van der Waals surface area contributed by atoms with Crippen LogP contribution in [0, 0.1) is 5.82 Å². The number of ether oxygens (including phenoxy) is 1. The molecular formula is C27H24F7NO5S. The zero-order valence-corrected chi connectivity index (χ0v) is 22.4. The number of carbonyl (C=O) groups excluding carboxylic acids is 1. The first kappa shape index (κ1) is 31.9. The number of hydrogen-bond acceptors (Lipinski definition) is 5. The molecule has 0 atom stereocenters. The zero-order chi connectivity index (χ0) is 30.8. The number of aliphatic hydroxyl groups is 1. The van der Waals surface area contributed by atoms with Gasteiger partial charge in [0.05, 0.1) is 24.1 Å². The van der Waals surface area contributed by atoms with Crippen LogP contribution in [0.1, 0.15) is 34.8 Å². The van der Waals surface area contributed by atoms with E-state index in [4.69, 9.17) is 0 Å². The van der Waals surface area contributed by atoms with E-state index in [-0.39, 0.29) is 35.0 Å². The van der Waals surface area contributed by atoms with Gasteiger partial charge >= 0.3 is 18.3 Å². The van der Waals surface area contributed by atoms with Gasteiger partial charge in [0.2, 0.25) is 10.0 Å². The second kappa shape index (κ2) is 11.7. The van der Waals surface area contributed by atoms with E-state index in [0.717, 1.165) is 4.31 Å². The maximum Gasteiger partial charge on any atom is 0.430 e. The monoisotopic (exact) mass is 607 g/mol. The molecule has 0 aliphatic rings. The number of anilines is 1. The molecule has 0 heterocycles. The van der Waals surface area contributed by atoms with Crippen LogP contribution in [0.3, 0.4) is 0 Å². The molecule has 3 aromatic carbocycles. The van der Waals surface area contributed by atoms with Crippen LogP contribution in [-0.4, -0.2) is 45.5 Å². The van der Waals surface area contributed by atoms with Gasteiger partial charge in [0.15, 0.2) is 0 Å². The average Bonchev–Trinajstić information content (AvgIpc) is 2.89. The minimum absolute atomic E-state index is 0.0348. The summed E-state index contributed by atoms with van der Waals surface area (Å²) in [7, 11) is -2.76. The lowest BCUT2D eigenvalue weighted by Crippen LogP contribution is -2.53. The Balaban J connectivity index is 1.91. The number of hydrogen-bond donors (Lipinski definition) is 1. The van der Waals surface area contributed by atoms with Gasteiger partial charge in [-0.25, -0.2) is 17.6 Å². The molecule has 222 valence electrons. The van der Waals surface area contributed by atoms with Crippen molar-refractivity contribution >= 4 is 21.7 Å². The number of carbonyl (C=O) groups is 1. The Hall–Kier alpha value is -3.65. The van der Waals surface area contributed by atoms with Crippen LogP contribution in [0.2, 0.25) is 0 Å². The van der Waals surface area contributed by atoms with Gasteiger partial charge in [-0.3, -0.25) is 4.31 Å². The molecule has 0 bridgehead atoms. The van der Waals surface area contributed by atoms with Gasteiger partial charge in [-0.15, -0.1) is 0 Å². The van der Waals surface area contributed by atoms with E-state index >= 15 is 0 Å². The summed E-state index contributed by atoms with van der Waals surface area (Å²) in [5, 5.41) is 9.52. The van der Waals surface area contributed by atoms with Gasteiger partial charge in [-0.1, -0.05) is 43.3 Å². The first-order chi connectivity index (χ1) is 19.0. The van der Waals surface area contributed by atoms with E-state index in [2.05, 4.69) is 4.74 Å².